The van der Waals surface area contributed by atoms with Gasteiger partial charge in [-0.25, -0.2) is 0 Å². The molecule has 0 saturated carbocycles. The zero-order valence-electron chi connectivity index (χ0n) is 21.5. The maximum absolute atomic E-state index is 13.8. The molecule has 1 aliphatic heterocycles. The molecular weight excluding hydrogens is 631 g/mol. The van der Waals surface area contributed by atoms with Crippen LogP contribution >= 0.6 is 0 Å². The van der Waals surface area contributed by atoms with Crippen LogP contribution < -0.4 is 0 Å². The molecule has 19 heteroatoms. The van der Waals surface area contributed by atoms with Crippen LogP contribution in [0.25, 0.3) is 0 Å². The van der Waals surface area contributed by atoms with Crippen LogP contribution in [-0.4, -0.2) is 67.1 Å². The van der Waals surface area contributed by atoms with Gasteiger partial charge in [0, 0.05) is 19.6 Å². The van der Waals surface area contributed by atoms with Gasteiger partial charge in [-0.1, -0.05) is 31.4 Å². The predicted molar refractivity (Wildman–Crippen MR) is 112 cm³/mol. The van der Waals surface area contributed by atoms with Crippen LogP contribution in [0.3, 0.4) is 0 Å². The lowest BCUT2D eigenvalue weighted by atomic mass is 9.88. The Morgan fingerprint density at radius 1 is 0.548 bits per heavy atom. The maximum atomic E-state index is 13.8. The highest BCUT2D eigenvalue weighted by Gasteiger charge is 2.95. The minimum atomic E-state index is -8.60. The van der Waals surface area contributed by atoms with E-state index < -0.39 is 54.1 Å². The van der Waals surface area contributed by atoms with E-state index in [-0.39, 0.29) is 25.2 Å². The van der Waals surface area contributed by atoms with Crippen molar-refractivity contribution in [3.05, 3.63) is 12.2 Å². The molecule has 1 rings (SSSR count). The number of unbranched alkanes of at least 4 members (excludes halogenated alkanes) is 5. The van der Waals surface area contributed by atoms with Gasteiger partial charge in [-0.05, 0) is 38.5 Å². The molecule has 250 valence electrons. The van der Waals surface area contributed by atoms with E-state index in [2.05, 4.69) is 0 Å². The normalized spacial score (nSPS) is 19.1. The molecule has 0 aromatic carbocycles. The van der Waals surface area contributed by atoms with E-state index in [0.717, 1.165) is 25.3 Å². The van der Waals surface area contributed by atoms with Gasteiger partial charge >= 0.3 is 47.6 Å². The first kappa shape index (κ1) is 38.5. The molecule has 2 nitrogen and oxygen atoms in total. The largest absolute Gasteiger partial charge is 0.460 e. The fourth-order valence-corrected chi connectivity index (χ4v) is 3.63. The summed E-state index contributed by atoms with van der Waals surface area (Å²) < 4.78 is 236. The summed E-state index contributed by atoms with van der Waals surface area (Å²) >= 11 is 0. The van der Waals surface area contributed by atoms with Gasteiger partial charge in [0.05, 0.1) is 0 Å². The van der Waals surface area contributed by atoms with Crippen molar-refractivity contribution in [2.75, 3.05) is 13.2 Å². The van der Waals surface area contributed by atoms with Gasteiger partial charge in [-0.2, -0.15) is 74.6 Å². The van der Waals surface area contributed by atoms with E-state index in [9.17, 15) is 74.6 Å². The lowest BCUT2D eigenvalue weighted by molar-refractivity contribution is -0.461. The summed E-state index contributed by atoms with van der Waals surface area (Å²) in [6.07, 6.45) is -4.61. The topological polar surface area (TPSA) is 18.5 Å². The van der Waals surface area contributed by atoms with Crippen LogP contribution in [0.15, 0.2) is 12.2 Å². The lowest BCUT2D eigenvalue weighted by Gasteiger charge is -2.42. The number of allylic oxidation sites excluding steroid dienone is 2. The first-order chi connectivity index (χ1) is 18.8. The van der Waals surface area contributed by atoms with Crippen LogP contribution in [0.4, 0.5) is 74.6 Å². The van der Waals surface area contributed by atoms with Crippen molar-refractivity contribution in [2.45, 2.75) is 118 Å². The summed E-state index contributed by atoms with van der Waals surface area (Å²) in [5, 5.41) is 0. The first-order valence-electron chi connectivity index (χ1n) is 12.4. The fraction of sp³-hybridized carbons (Fsp3) is 0.913. The van der Waals surface area contributed by atoms with Crippen LogP contribution in [0.1, 0.15) is 64.2 Å². The number of halogens is 17. The Hall–Kier alpha value is -1.53. The molecule has 0 aromatic rings. The third-order valence-corrected chi connectivity index (χ3v) is 6.28. The van der Waals surface area contributed by atoms with Gasteiger partial charge in [-0.15, -0.1) is 0 Å². The highest BCUT2D eigenvalue weighted by atomic mass is 19.4. The monoisotopic (exact) mass is 658 g/mol. The van der Waals surface area contributed by atoms with E-state index in [1.807, 2.05) is 0 Å². The van der Waals surface area contributed by atoms with Gasteiger partial charge in [0.2, 0.25) is 0 Å². The van der Waals surface area contributed by atoms with Gasteiger partial charge in [-0.3, -0.25) is 0 Å². The maximum Gasteiger partial charge on any atom is 0.460 e. The van der Waals surface area contributed by atoms with E-state index >= 15 is 0 Å². The third-order valence-electron chi connectivity index (χ3n) is 6.28. The Morgan fingerprint density at radius 3 is 1.52 bits per heavy atom. The molecule has 0 radical (unpaired) electrons. The highest BCUT2D eigenvalue weighted by molar-refractivity contribution is 5.15. The van der Waals surface area contributed by atoms with Crippen molar-refractivity contribution in [3.8, 4) is 0 Å². The molecule has 1 unspecified atom stereocenters. The molecule has 0 bridgehead atoms. The number of hydrogen-bond acceptors (Lipinski definition) is 2. The smallest absolute Gasteiger partial charge is 0.353 e. The number of rotatable bonds is 17. The fourth-order valence-electron chi connectivity index (χ4n) is 3.63. The second kappa shape index (κ2) is 13.6. The minimum Gasteiger partial charge on any atom is -0.353 e. The van der Waals surface area contributed by atoms with Gasteiger partial charge in [0.1, 0.15) is 0 Å². The summed E-state index contributed by atoms with van der Waals surface area (Å²) in [4.78, 5) is 0. The number of alkyl halides is 17. The standard InChI is InChI=1S/C23H27F17O2/c24-16(25,12-8-5-3-1-2-4-6-9-13-41-15-11-7-10-14-42-15)17(26,27)18(28,29)19(30,31)20(32,33)21(34,35)22(36,37)23(38,39)40/h5,8,15H,1-4,6-7,9-14H2/b8-5-. The minimum absolute atomic E-state index is 0.0741. The van der Waals surface area contributed by atoms with Crippen LogP contribution in [-0.2, 0) is 9.47 Å². The average Bonchev–Trinajstić information content (AvgIpc) is 2.86. The Balaban J connectivity index is 2.75. The summed E-state index contributed by atoms with van der Waals surface area (Å²) in [6, 6.07) is 0. The van der Waals surface area contributed by atoms with Crippen molar-refractivity contribution in [1.82, 2.24) is 0 Å². The second-order valence-electron chi connectivity index (χ2n) is 9.55. The SMILES string of the molecule is FC(F)(F)C(F)(F)C(F)(F)C(F)(F)C(F)(F)C(F)(F)C(F)(F)C(F)(F)C/C=C\CCCCCCCOC1CCCCO1. The molecule has 1 aliphatic rings. The van der Waals surface area contributed by atoms with Crippen LogP contribution in [0.2, 0.25) is 0 Å². The Bertz CT molecular complexity index is 862. The van der Waals surface area contributed by atoms with Gasteiger partial charge in [0.15, 0.2) is 6.29 Å². The predicted octanol–water partition coefficient (Wildman–Crippen LogP) is 9.83. The van der Waals surface area contributed by atoms with E-state index in [1.54, 1.807) is 0 Å². The Labute approximate surface area is 228 Å². The second-order valence-corrected chi connectivity index (χ2v) is 9.55. The average molecular weight is 658 g/mol. The van der Waals surface area contributed by atoms with Crippen molar-refractivity contribution in [1.29, 1.82) is 0 Å². The number of hydrogen-bond donors (Lipinski definition) is 0. The molecule has 0 spiro atoms. The summed E-state index contributed by atoms with van der Waals surface area (Å²) in [5.41, 5.74) is 0. The molecule has 1 fully saturated rings. The van der Waals surface area contributed by atoms with Crippen molar-refractivity contribution in [2.24, 2.45) is 0 Å². The summed E-state index contributed by atoms with van der Waals surface area (Å²) in [6.45, 7) is 1.00. The molecule has 1 atom stereocenters. The van der Waals surface area contributed by atoms with Crippen LogP contribution in [0.5, 0.6) is 0 Å². The molecule has 1 saturated heterocycles. The van der Waals surface area contributed by atoms with Crippen molar-refractivity contribution in [3.63, 3.8) is 0 Å². The lowest BCUT2D eigenvalue weighted by Crippen LogP contribution is -2.74. The number of ether oxygens (including phenoxy) is 2. The zero-order chi connectivity index (χ0) is 32.9. The first-order valence-corrected chi connectivity index (χ1v) is 12.4. The Kier molecular flexibility index (Phi) is 12.5. The van der Waals surface area contributed by atoms with E-state index in [0.29, 0.717) is 38.9 Å². The molecule has 0 aromatic heterocycles. The van der Waals surface area contributed by atoms with Crippen LogP contribution in [0, 0.1) is 0 Å². The molecule has 1 heterocycles. The van der Waals surface area contributed by atoms with Gasteiger partial charge in [0.25, 0.3) is 0 Å². The van der Waals surface area contributed by atoms with E-state index in [4.69, 9.17) is 9.47 Å². The zero-order valence-corrected chi connectivity index (χ0v) is 21.5. The quantitative estimate of drug-likeness (QED) is 0.0881. The molecule has 0 N–H and O–H groups in total. The summed E-state index contributed by atoms with van der Waals surface area (Å²) in [7, 11) is 0. The highest BCUT2D eigenvalue weighted by Crippen LogP contribution is 2.64. The van der Waals surface area contributed by atoms with Crippen molar-refractivity contribution < 1.29 is 84.1 Å². The third kappa shape index (κ3) is 7.57. The molecular formula is C23H27F17O2. The molecule has 42 heavy (non-hydrogen) atoms. The van der Waals surface area contributed by atoms with E-state index in [1.165, 1.54) is 0 Å². The van der Waals surface area contributed by atoms with Gasteiger partial charge < -0.3 is 9.47 Å². The molecule has 0 aliphatic carbocycles. The molecule has 0 amide bonds. The summed E-state index contributed by atoms with van der Waals surface area (Å²) in [5.74, 6) is -56.0. The Morgan fingerprint density at radius 2 is 1.02 bits per heavy atom. The van der Waals surface area contributed by atoms with Crippen molar-refractivity contribution >= 4 is 0 Å².